The Kier molecular flexibility index (Phi) is 4.80. The molecule has 0 unspecified atom stereocenters. The monoisotopic (exact) mass is 357 g/mol. The van der Waals surface area contributed by atoms with Crippen molar-refractivity contribution in [1.29, 1.82) is 0 Å². The van der Waals surface area contributed by atoms with Crippen molar-refractivity contribution >= 4 is 28.6 Å². The van der Waals surface area contributed by atoms with Gasteiger partial charge < -0.3 is 5.32 Å². The van der Waals surface area contributed by atoms with Crippen molar-refractivity contribution in [3.8, 4) is 10.6 Å². The Morgan fingerprint density at radius 3 is 2.68 bits per heavy atom. The number of rotatable bonds is 5. The summed E-state index contributed by atoms with van der Waals surface area (Å²) >= 11 is 1.33. The minimum absolute atomic E-state index is 0.0442. The first-order valence-electron chi connectivity index (χ1n) is 7.26. The SMILES string of the molecule is O=C(Cc1csc(-c2cccc(F)c2)n1)Nc1ccc([N+](=O)[O-])cc1. The van der Waals surface area contributed by atoms with Gasteiger partial charge in [-0.05, 0) is 24.3 Å². The van der Waals surface area contributed by atoms with E-state index in [1.54, 1.807) is 17.5 Å². The number of anilines is 1. The van der Waals surface area contributed by atoms with E-state index in [0.717, 1.165) is 0 Å². The van der Waals surface area contributed by atoms with Gasteiger partial charge in [0.1, 0.15) is 10.8 Å². The van der Waals surface area contributed by atoms with Gasteiger partial charge in [-0.2, -0.15) is 0 Å². The van der Waals surface area contributed by atoms with Crippen molar-refractivity contribution in [2.24, 2.45) is 0 Å². The van der Waals surface area contributed by atoms with Gasteiger partial charge in [0.2, 0.25) is 5.91 Å². The summed E-state index contributed by atoms with van der Waals surface area (Å²) < 4.78 is 13.3. The summed E-state index contributed by atoms with van der Waals surface area (Å²) in [5.41, 5.74) is 1.66. The Labute approximate surface area is 146 Å². The number of carbonyl (C=O) groups is 1. The van der Waals surface area contributed by atoms with E-state index in [9.17, 15) is 19.3 Å². The van der Waals surface area contributed by atoms with E-state index in [-0.39, 0.29) is 23.8 Å². The summed E-state index contributed by atoms with van der Waals surface area (Å²) in [6.45, 7) is 0. The second-order valence-electron chi connectivity index (χ2n) is 5.18. The van der Waals surface area contributed by atoms with Crippen LogP contribution in [0.5, 0.6) is 0 Å². The predicted molar refractivity (Wildman–Crippen MR) is 92.9 cm³/mol. The first-order valence-corrected chi connectivity index (χ1v) is 8.14. The molecule has 6 nitrogen and oxygen atoms in total. The zero-order valence-electron chi connectivity index (χ0n) is 12.8. The molecule has 1 aromatic heterocycles. The molecule has 0 aliphatic carbocycles. The van der Waals surface area contributed by atoms with E-state index in [1.165, 1.54) is 47.7 Å². The first kappa shape index (κ1) is 16.7. The van der Waals surface area contributed by atoms with Gasteiger partial charge in [-0.1, -0.05) is 12.1 Å². The van der Waals surface area contributed by atoms with Crippen molar-refractivity contribution < 1.29 is 14.1 Å². The number of nitrogens with one attached hydrogen (secondary N) is 1. The van der Waals surface area contributed by atoms with Crippen LogP contribution in [0.3, 0.4) is 0 Å². The van der Waals surface area contributed by atoms with Crippen LogP contribution in [-0.4, -0.2) is 15.8 Å². The summed E-state index contributed by atoms with van der Waals surface area (Å²) in [5.74, 6) is -0.630. The minimum atomic E-state index is -0.505. The van der Waals surface area contributed by atoms with E-state index in [2.05, 4.69) is 10.3 Å². The highest BCUT2D eigenvalue weighted by Gasteiger charge is 2.11. The number of halogens is 1. The van der Waals surface area contributed by atoms with Gasteiger partial charge in [0.15, 0.2) is 0 Å². The molecular weight excluding hydrogens is 345 g/mol. The Morgan fingerprint density at radius 2 is 2.00 bits per heavy atom. The fourth-order valence-electron chi connectivity index (χ4n) is 2.18. The van der Waals surface area contributed by atoms with E-state index < -0.39 is 4.92 Å². The highest BCUT2D eigenvalue weighted by molar-refractivity contribution is 7.13. The molecule has 3 aromatic rings. The average molecular weight is 357 g/mol. The Bertz CT molecular complexity index is 925. The molecule has 0 aliphatic rings. The van der Waals surface area contributed by atoms with Crippen LogP contribution < -0.4 is 5.32 Å². The van der Waals surface area contributed by atoms with Gasteiger partial charge in [-0.15, -0.1) is 11.3 Å². The molecule has 0 saturated carbocycles. The number of hydrogen-bond acceptors (Lipinski definition) is 5. The molecule has 25 heavy (non-hydrogen) atoms. The van der Waals surface area contributed by atoms with Crippen LogP contribution in [0.1, 0.15) is 5.69 Å². The first-order chi connectivity index (χ1) is 12.0. The molecule has 126 valence electrons. The number of non-ortho nitro benzene ring substituents is 1. The second-order valence-corrected chi connectivity index (χ2v) is 6.04. The fourth-order valence-corrected chi connectivity index (χ4v) is 3.00. The second kappa shape index (κ2) is 7.18. The smallest absolute Gasteiger partial charge is 0.269 e. The number of carbonyl (C=O) groups excluding carboxylic acids is 1. The van der Waals surface area contributed by atoms with Crippen molar-refractivity contribution in [3.63, 3.8) is 0 Å². The molecular formula is C17H12FN3O3S. The molecule has 8 heteroatoms. The number of benzene rings is 2. The molecule has 0 radical (unpaired) electrons. The normalized spacial score (nSPS) is 10.4. The van der Waals surface area contributed by atoms with Crippen LogP contribution >= 0.6 is 11.3 Å². The number of aromatic nitrogens is 1. The lowest BCUT2D eigenvalue weighted by atomic mass is 10.2. The molecule has 1 N–H and O–H groups in total. The van der Waals surface area contributed by atoms with Gasteiger partial charge >= 0.3 is 0 Å². The van der Waals surface area contributed by atoms with Crippen molar-refractivity contribution in [2.75, 3.05) is 5.32 Å². The fraction of sp³-hybridized carbons (Fsp3) is 0.0588. The molecule has 0 bridgehead atoms. The number of hydrogen-bond donors (Lipinski definition) is 1. The molecule has 1 heterocycles. The average Bonchev–Trinajstić information content (AvgIpc) is 3.03. The molecule has 1 amide bonds. The summed E-state index contributed by atoms with van der Waals surface area (Å²) in [4.78, 5) is 26.5. The van der Waals surface area contributed by atoms with Crippen LogP contribution in [0.15, 0.2) is 53.9 Å². The number of amides is 1. The highest BCUT2D eigenvalue weighted by atomic mass is 32.1. The molecule has 2 aromatic carbocycles. The van der Waals surface area contributed by atoms with Gasteiger partial charge in [-0.3, -0.25) is 14.9 Å². The quantitative estimate of drug-likeness (QED) is 0.552. The highest BCUT2D eigenvalue weighted by Crippen LogP contribution is 2.24. The van der Waals surface area contributed by atoms with Crippen LogP contribution in [0.25, 0.3) is 10.6 Å². The molecule has 0 spiro atoms. The minimum Gasteiger partial charge on any atom is -0.326 e. The third kappa shape index (κ3) is 4.24. The van der Waals surface area contributed by atoms with E-state index >= 15 is 0 Å². The molecule has 0 fully saturated rings. The maximum Gasteiger partial charge on any atom is 0.269 e. The van der Waals surface area contributed by atoms with Gasteiger partial charge in [0.25, 0.3) is 5.69 Å². The number of nitro groups is 1. The van der Waals surface area contributed by atoms with Crippen molar-refractivity contribution in [1.82, 2.24) is 4.98 Å². The lowest BCUT2D eigenvalue weighted by Gasteiger charge is -2.03. The standard InChI is InChI=1S/C17H12FN3O3S/c18-12-3-1-2-11(8-12)17-20-14(10-25-17)9-16(22)19-13-4-6-15(7-5-13)21(23)24/h1-8,10H,9H2,(H,19,22). The third-order valence-electron chi connectivity index (χ3n) is 3.33. The van der Waals surface area contributed by atoms with E-state index in [0.29, 0.717) is 22.0 Å². The largest absolute Gasteiger partial charge is 0.326 e. The Morgan fingerprint density at radius 1 is 1.24 bits per heavy atom. The Balaban J connectivity index is 1.64. The van der Waals surface area contributed by atoms with Crippen molar-refractivity contribution in [2.45, 2.75) is 6.42 Å². The maximum atomic E-state index is 13.3. The van der Waals surface area contributed by atoms with Crippen LogP contribution in [0, 0.1) is 15.9 Å². The number of thiazole rings is 1. The van der Waals surface area contributed by atoms with Gasteiger partial charge in [0.05, 0.1) is 17.0 Å². The topological polar surface area (TPSA) is 85.1 Å². The summed E-state index contributed by atoms with van der Waals surface area (Å²) in [6, 6.07) is 11.7. The summed E-state index contributed by atoms with van der Waals surface area (Å²) in [6.07, 6.45) is 0.0583. The molecule has 0 saturated heterocycles. The number of nitro benzene ring substituents is 1. The molecule has 3 rings (SSSR count). The van der Waals surface area contributed by atoms with Gasteiger partial charge in [-0.25, -0.2) is 9.37 Å². The maximum absolute atomic E-state index is 13.3. The van der Waals surface area contributed by atoms with Crippen LogP contribution in [-0.2, 0) is 11.2 Å². The van der Waals surface area contributed by atoms with E-state index in [1.807, 2.05) is 0 Å². The lowest BCUT2D eigenvalue weighted by Crippen LogP contribution is -2.14. The summed E-state index contributed by atoms with van der Waals surface area (Å²) in [7, 11) is 0. The molecule has 0 atom stereocenters. The lowest BCUT2D eigenvalue weighted by molar-refractivity contribution is -0.384. The number of nitrogens with zero attached hydrogens (tertiary/aromatic N) is 2. The van der Waals surface area contributed by atoms with Crippen LogP contribution in [0.4, 0.5) is 15.8 Å². The zero-order chi connectivity index (χ0) is 17.8. The van der Waals surface area contributed by atoms with Crippen LogP contribution in [0.2, 0.25) is 0 Å². The molecule has 0 aliphatic heterocycles. The third-order valence-corrected chi connectivity index (χ3v) is 4.27. The summed E-state index contributed by atoms with van der Waals surface area (Å²) in [5, 5.41) is 15.6. The van der Waals surface area contributed by atoms with Crippen molar-refractivity contribution in [3.05, 3.63) is 75.5 Å². The predicted octanol–water partition coefficient (Wildman–Crippen LogP) is 4.04. The Hall–Kier alpha value is -3.13. The van der Waals surface area contributed by atoms with Gasteiger partial charge in [0, 0.05) is 28.8 Å². The van der Waals surface area contributed by atoms with E-state index in [4.69, 9.17) is 0 Å². The zero-order valence-corrected chi connectivity index (χ0v) is 13.6.